The minimum absolute atomic E-state index is 0.268. The van der Waals surface area contributed by atoms with Gasteiger partial charge in [-0.1, -0.05) is 79.2 Å². The maximum atomic E-state index is 12.1. The second kappa shape index (κ2) is 9.76. The van der Waals surface area contributed by atoms with Gasteiger partial charge in [-0.3, -0.25) is 0 Å². The number of aliphatic carboxylic acids is 1. The fraction of sp³-hybridized carbons (Fsp3) is 0.241. The lowest BCUT2D eigenvalue weighted by molar-refractivity contribution is -0.139. The number of benzene rings is 3. The highest BCUT2D eigenvalue weighted by Crippen LogP contribution is 2.49. The van der Waals surface area contributed by atoms with Gasteiger partial charge in [-0.2, -0.15) is 0 Å². The molecule has 1 aromatic heterocycles. The van der Waals surface area contributed by atoms with Crippen molar-refractivity contribution in [3.63, 3.8) is 0 Å². The summed E-state index contributed by atoms with van der Waals surface area (Å²) in [6, 6.07) is 26.9. The number of rotatable bonds is 7. The molecular formula is C29H27NO5. The maximum Gasteiger partial charge on any atom is 0.341 e. The first kappa shape index (κ1) is 22.9. The average molecular weight is 470 g/mol. The Balaban J connectivity index is 1.58. The van der Waals surface area contributed by atoms with Crippen LogP contribution in [-0.2, 0) is 10.4 Å². The molecule has 0 spiro atoms. The number of carboxylic acids is 1. The Morgan fingerprint density at radius 2 is 1.69 bits per heavy atom. The zero-order chi connectivity index (χ0) is 24.3. The van der Waals surface area contributed by atoms with Crippen molar-refractivity contribution in [2.75, 3.05) is 6.61 Å². The van der Waals surface area contributed by atoms with Gasteiger partial charge in [0.1, 0.15) is 17.0 Å². The van der Waals surface area contributed by atoms with Gasteiger partial charge in [-0.15, -0.1) is 0 Å². The van der Waals surface area contributed by atoms with Gasteiger partial charge in [0.05, 0.1) is 0 Å². The Bertz CT molecular complexity index is 1240. The van der Waals surface area contributed by atoms with E-state index in [2.05, 4.69) is 0 Å². The molecule has 1 fully saturated rings. The molecule has 0 aliphatic heterocycles. The second-order valence-corrected chi connectivity index (χ2v) is 8.91. The highest BCUT2D eigenvalue weighted by molar-refractivity contribution is 5.77. The number of aromatic nitrogens is 1. The van der Waals surface area contributed by atoms with Crippen molar-refractivity contribution in [1.82, 2.24) is 4.98 Å². The zero-order valence-electron chi connectivity index (χ0n) is 19.3. The SMILES string of the molecule is O=C(O)COc1cccc([C@@H]2CCCC[C@@]2(O)c2nc(-c3ccccc3)c(-c3ccccc3)o2)c1. The van der Waals surface area contributed by atoms with Crippen LogP contribution in [0.5, 0.6) is 5.75 Å². The zero-order valence-corrected chi connectivity index (χ0v) is 19.3. The van der Waals surface area contributed by atoms with E-state index in [-0.39, 0.29) is 5.92 Å². The smallest absolute Gasteiger partial charge is 0.341 e. The van der Waals surface area contributed by atoms with Crippen molar-refractivity contribution >= 4 is 5.97 Å². The van der Waals surface area contributed by atoms with Gasteiger partial charge in [0.2, 0.25) is 5.89 Å². The summed E-state index contributed by atoms with van der Waals surface area (Å²) < 4.78 is 11.8. The summed E-state index contributed by atoms with van der Waals surface area (Å²) in [6.07, 6.45) is 3.08. The van der Waals surface area contributed by atoms with Crippen LogP contribution in [0.1, 0.15) is 43.1 Å². The molecule has 178 valence electrons. The number of nitrogens with zero attached hydrogens (tertiary/aromatic N) is 1. The van der Waals surface area contributed by atoms with Crippen LogP contribution in [0.4, 0.5) is 0 Å². The molecule has 6 heteroatoms. The molecule has 0 saturated heterocycles. The standard InChI is InChI=1S/C29H27NO5/c31-25(32)19-34-23-15-9-14-22(18-23)24-16-7-8-17-29(24,33)28-30-26(20-10-3-1-4-11-20)27(35-28)21-12-5-2-6-13-21/h1-6,9-15,18,24,33H,7-8,16-17,19H2,(H,31,32)/t24-,29-/m0/s1. The lowest BCUT2D eigenvalue weighted by Gasteiger charge is -2.38. The quantitative estimate of drug-likeness (QED) is 0.344. The third kappa shape index (κ3) is 4.70. The topological polar surface area (TPSA) is 92.8 Å². The van der Waals surface area contributed by atoms with E-state index >= 15 is 0 Å². The molecule has 2 N–H and O–H groups in total. The third-order valence-electron chi connectivity index (χ3n) is 6.58. The summed E-state index contributed by atoms with van der Waals surface area (Å²) in [5, 5.41) is 21.1. The minimum Gasteiger partial charge on any atom is -0.482 e. The number of ether oxygens (including phenoxy) is 1. The van der Waals surface area contributed by atoms with Crippen molar-refractivity contribution in [3.05, 3.63) is 96.4 Å². The van der Waals surface area contributed by atoms with E-state index in [1.165, 1.54) is 0 Å². The highest BCUT2D eigenvalue weighted by Gasteiger charge is 2.46. The van der Waals surface area contributed by atoms with Gasteiger partial charge < -0.3 is 19.4 Å². The summed E-state index contributed by atoms with van der Waals surface area (Å²) in [5.74, 6) is 0.0850. The van der Waals surface area contributed by atoms with Gasteiger partial charge in [0, 0.05) is 17.0 Å². The molecule has 1 aliphatic carbocycles. The largest absolute Gasteiger partial charge is 0.482 e. The van der Waals surface area contributed by atoms with Gasteiger partial charge in [0.15, 0.2) is 12.4 Å². The average Bonchev–Trinajstić information content (AvgIpc) is 3.36. The molecule has 1 saturated carbocycles. The van der Waals surface area contributed by atoms with Crippen LogP contribution in [0.3, 0.4) is 0 Å². The van der Waals surface area contributed by atoms with E-state index in [1.807, 2.05) is 78.9 Å². The molecule has 0 unspecified atom stereocenters. The van der Waals surface area contributed by atoms with Crippen LogP contribution in [-0.4, -0.2) is 27.8 Å². The van der Waals surface area contributed by atoms with Crippen molar-refractivity contribution < 1.29 is 24.2 Å². The lowest BCUT2D eigenvalue weighted by atomic mass is 9.72. The Hall–Kier alpha value is -3.90. The second-order valence-electron chi connectivity index (χ2n) is 8.91. The first-order valence-electron chi connectivity index (χ1n) is 11.8. The molecule has 0 radical (unpaired) electrons. The van der Waals surface area contributed by atoms with Crippen LogP contribution < -0.4 is 4.74 Å². The molecule has 6 nitrogen and oxygen atoms in total. The molecule has 0 bridgehead atoms. The summed E-state index contributed by atoms with van der Waals surface area (Å²) in [7, 11) is 0. The molecule has 5 rings (SSSR count). The number of hydrogen-bond donors (Lipinski definition) is 2. The van der Waals surface area contributed by atoms with Crippen molar-refractivity contribution in [1.29, 1.82) is 0 Å². The fourth-order valence-electron chi connectivity index (χ4n) is 4.90. The van der Waals surface area contributed by atoms with Crippen molar-refractivity contribution in [3.8, 4) is 28.3 Å². The van der Waals surface area contributed by atoms with E-state index in [9.17, 15) is 9.90 Å². The Labute approximate surface area is 203 Å². The predicted molar refractivity (Wildman–Crippen MR) is 132 cm³/mol. The number of hydrogen-bond acceptors (Lipinski definition) is 5. The lowest BCUT2D eigenvalue weighted by Crippen LogP contribution is -2.36. The fourth-order valence-corrected chi connectivity index (χ4v) is 4.90. The van der Waals surface area contributed by atoms with E-state index in [0.717, 1.165) is 36.0 Å². The number of carboxylic acid groups (broad SMARTS) is 1. The van der Waals surface area contributed by atoms with Gasteiger partial charge in [0.25, 0.3) is 0 Å². The summed E-state index contributed by atoms with van der Waals surface area (Å²) in [5.41, 5.74) is 2.07. The number of aliphatic hydroxyl groups is 1. The summed E-state index contributed by atoms with van der Waals surface area (Å²) in [6.45, 7) is -0.418. The summed E-state index contributed by atoms with van der Waals surface area (Å²) in [4.78, 5) is 15.8. The monoisotopic (exact) mass is 469 g/mol. The van der Waals surface area contributed by atoms with Crippen LogP contribution in [0.25, 0.3) is 22.6 Å². The number of carbonyl (C=O) groups is 1. The van der Waals surface area contributed by atoms with E-state index in [0.29, 0.717) is 29.5 Å². The predicted octanol–water partition coefficient (Wildman–Crippen LogP) is 6.02. The molecular weight excluding hydrogens is 442 g/mol. The molecule has 1 heterocycles. The van der Waals surface area contributed by atoms with Gasteiger partial charge in [-0.25, -0.2) is 9.78 Å². The maximum absolute atomic E-state index is 12.1. The molecule has 35 heavy (non-hydrogen) atoms. The van der Waals surface area contributed by atoms with E-state index < -0.39 is 18.2 Å². The van der Waals surface area contributed by atoms with Crippen molar-refractivity contribution in [2.24, 2.45) is 0 Å². The molecule has 3 aromatic carbocycles. The van der Waals surface area contributed by atoms with Crippen LogP contribution in [0.15, 0.2) is 89.3 Å². The Morgan fingerprint density at radius 3 is 2.40 bits per heavy atom. The van der Waals surface area contributed by atoms with E-state index in [4.69, 9.17) is 19.2 Å². The number of oxazole rings is 1. The van der Waals surface area contributed by atoms with Crippen LogP contribution in [0, 0.1) is 0 Å². The van der Waals surface area contributed by atoms with E-state index in [1.54, 1.807) is 6.07 Å². The normalized spacial score (nSPS) is 19.9. The highest BCUT2D eigenvalue weighted by atomic mass is 16.5. The third-order valence-corrected chi connectivity index (χ3v) is 6.58. The molecule has 2 atom stereocenters. The Morgan fingerprint density at radius 1 is 0.971 bits per heavy atom. The van der Waals surface area contributed by atoms with Crippen LogP contribution >= 0.6 is 0 Å². The van der Waals surface area contributed by atoms with Crippen molar-refractivity contribution in [2.45, 2.75) is 37.2 Å². The Kier molecular flexibility index (Phi) is 6.38. The van der Waals surface area contributed by atoms with Crippen LogP contribution in [0.2, 0.25) is 0 Å². The molecule has 1 aliphatic rings. The van der Waals surface area contributed by atoms with Gasteiger partial charge >= 0.3 is 5.97 Å². The molecule has 0 amide bonds. The van der Waals surface area contributed by atoms with Gasteiger partial charge in [-0.05, 0) is 37.0 Å². The summed E-state index contributed by atoms with van der Waals surface area (Å²) >= 11 is 0. The molecule has 4 aromatic rings. The minimum atomic E-state index is -1.31. The first-order valence-corrected chi connectivity index (χ1v) is 11.8. The first-order chi connectivity index (χ1) is 17.0.